The number of aryl methyl sites for hydroxylation is 2. The summed E-state index contributed by atoms with van der Waals surface area (Å²) in [5.41, 5.74) is 4.36. The highest BCUT2D eigenvalue weighted by molar-refractivity contribution is 5.94. The second kappa shape index (κ2) is 5.06. The molecule has 0 unspecified atom stereocenters. The average Bonchev–Trinajstić information content (AvgIpc) is 2.76. The average molecular weight is 266 g/mol. The molecular weight excluding hydrogens is 248 g/mol. The zero-order valence-corrected chi connectivity index (χ0v) is 12.0. The zero-order valence-electron chi connectivity index (χ0n) is 12.0. The number of hydrogen-bond donors (Lipinski definition) is 1. The Balaban J connectivity index is 2.35. The summed E-state index contributed by atoms with van der Waals surface area (Å²) >= 11 is 0. The smallest absolute Gasteiger partial charge is 0.144 e. The molecule has 20 heavy (non-hydrogen) atoms. The maximum atomic E-state index is 4.68. The van der Waals surface area contributed by atoms with Crippen molar-refractivity contribution in [3.05, 3.63) is 47.9 Å². The van der Waals surface area contributed by atoms with Gasteiger partial charge >= 0.3 is 0 Å². The predicted octanol–water partition coefficient (Wildman–Crippen LogP) is 2.66. The second-order valence-electron chi connectivity index (χ2n) is 4.98. The Kier molecular flexibility index (Phi) is 3.24. The molecule has 0 saturated carbocycles. The van der Waals surface area contributed by atoms with E-state index in [0.717, 1.165) is 34.7 Å². The molecule has 0 atom stereocenters. The lowest BCUT2D eigenvalue weighted by molar-refractivity contribution is 0.815. The maximum Gasteiger partial charge on any atom is 0.144 e. The van der Waals surface area contributed by atoms with Gasteiger partial charge in [0, 0.05) is 30.7 Å². The van der Waals surface area contributed by atoms with Crippen LogP contribution in [0.5, 0.6) is 0 Å². The van der Waals surface area contributed by atoms with Crippen LogP contribution in [0.15, 0.2) is 36.5 Å². The molecule has 2 heterocycles. The lowest BCUT2D eigenvalue weighted by atomic mass is 10.1. The highest BCUT2D eigenvalue weighted by Gasteiger charge is 2.15. The molecule has 102 valence electrons. The first kappa shape index (κ1) is 12.8. The number of aromatic nitrogens is 3. The molecule has 0 saturated heterocycles. The molecular formula is C16H18N4. The van der Waals surface area contributed by atoms with E-state index in [2.05, 4.69) is 38.2 Å². The van der Waals surface area contributed by atoms with Crippen molar-refractivity contribution < 1.29 is 0 Å². The van der Waals surface area contributed by atoms with Crippen LogP contribution in [0.2, 0.25) is 0 Å². The fraction of sp³-hybridized carbons (Fsp3) is 0.250. The Morgan fingerprint density at radius 1 is 1.15 bits per heavy atom. The van der Waals surface area contributed by atoms with Crippen LogP contribution in [0, 0.1) is 6.92 Å². The lowest BCUT2D eigenvalue weighted by Gasteiger charge is -2.07. The highest BCUT2D eigenvalue weighted by atomic mass is 15.0. The minimum Gasteiger partial charge on any atom is -0.335 e. The molecule has 0 fully saturated rings. The molecule has 3 rings (SSSR count). The summed E-state index contributed by atoms with van der Waals surface area (Å²) in [6, 6.07) is 10.3. The SMILES string of the molecule is CNCc1cn(C)c2nc(C)nc(-c3ccccc3)c12. The summed E-state index contributed by atoms with van der Waals surface area (Å²) in [7, 11) is 3.98. The molecule has 1 N–H and O–H groups in total. The zero-order chi connectivity index (χ0) is 14.1. The Bertz CT molecular complexity index is 744. The van der Waals surface area contributed by atoms with Crippen LogP contribution in [0.25, 0.3) is 22.3 Å². The third-order valence-electron chi connectivity index (χ3n) is 3.42. The van der Waals surface area contributed by atoms with E-state index in [9.17, 15) is 0 Å². The van der Waals surface area contributed by atoms with E-state index in [1.54, 1.807) is 0 Å². The highest BCUT2D eigenvalue weighted by Crippen LogP contribution is 2.29. The minimum atomic E-state index is 0.800. The topological polar surface area (TPSA) is 42.7 Å². The molecule has 0 aliphatic heterocycles. The fourth-order valence-corrected chi connectivity index (χ4v) is 2.60. The Morgan fingerprint density at radius 3 is 2.60 bits per heavy atom. The molecule has 0 aliphatic carbocycles. The maximum absolute atomic E-state index is 4.68. The standard InChI is InChI=1S/C16H18N4/c1-11-18-15(12-7-5-4-6-8-12)14-13(9-17-2)10-20(3)16(14)19-11/h4-8,10,17H,9H2,1-3H3. The van der Waals surface area contributed by atoms with Crippen LogP contribution in [0.1, 0.15) is 11.4 Å². The number of benzene rings is 1. The third-order valence-corrected chi connectivity index (χ3v) is 3.42. The van der Waals surface area contributed by atoms with Gasteiger partial charge in [-0.1, -0.05) is 30.3 Å². The van der Waals surface area contributed by atoms with Crippen LogP contribution in [-0.2, 0) is 13.6 Å². The third kappa shape index (κ3) is 2.08. The van der Waals surface area contributed by atoms with Gasteiger partial charge in [-0.15, -0.1) is 0 Å². The Morgan fingerprint density at radius 2 is 1.90 bits per heavy atom. The normalized spacial score (nSPS) is 11.2. The second-order valence-corrected chi connectivity index (χ2v) is 4.98. The van der Waals surface area contributed by atoms with E-state index >= 15 is 0 Å². The largest absolute Gasteiger partial charge is 0.335 e. The van der Waals surface area contributed by atoms with E-state index in [1.807, 2.05) is 39.2 Å². The number of hydrogen-bond acceptors (Lipinski definition) is 3. The van der Waals surface area contributed by atoms with Gasteiger partial charge in [0.2, 0.25) is 0 Å². The summed E-state index contributed by atoms with van der Waals surface area (Å²) in [5.74, 6) is 0.800. The minimum absolute atomic E-state index is 0.800. The van der Waals surface area contributed by atoms with Gasteiger partial charge in [-0.25, -0.2) is 9.97 Å². The van der Waals surface area contributed by atoms with Gasteiger partial charge in [0.25, 0.3) is 0 Å². The van der Waals surface area contributed by atoms with Gasteiger partial charge < -0.3 is 9.88 Å². The number of nitrogens with one attached hydrogen (secondary N) is 1. The first-order chi connectivity index (χ1) is 9.70. The molecule has 0 bridgehead atoms. The van der Waals surface area contributed by atoms with E-state index in [1.165, 1.54) is 5.56 Å². The quantitative estimate of drug-likeness (QED) is 0.792. The van der Waals surface area contributed by atoms with Gasteiger partial charge in [0.15, 0.2) is 0 Å². The predicted molar refractivity (Wildman–Crippen MR) is 81.4 cm³/mol. The van der Waals surface area contributed by atoms with E-state index < -0.39 is 0 Å². The van der Waals surface area contributed by atoms with Crippen molar-refractivity contribution in [2.75, 3.05) is 7.05 Å². The fourth-order valence-electron chi connectivity index (χ4n) is 2.60. The lowest BCUT2D eigenvalue weighted by Crippen LogP contribution is -2.05. The van der Waals surface area contributed by atoms with Crippen molar-refractivity contribution in [1.29, 1.82) is 0 Å². The molecule has 0 amide bonds. The van der Waals surface area contributed by atoms with Crippen molar-refractivity contribution in [2.24, 2.45) is 7.05 Å². The molecule has 0 aliphatic rings. The van der Waals surface area contributed by atoms with Gasteiger partial charge in [-0.2, -0.15) is 0 Å². The number of fused-ring (bicyclic) bond motifs is 1. The van der Waals surface area contributed by atoms with Crippen LogP contribution in [-0.4, -0.2) is 21.6 Å². The van der Waals surface area contributed by atoms with Gasteiger partial charge in [-0.3, -0.25) is 0 Å². The van der Waals surface area contributed by atoms with Crippen molar-refractivity contribution >= 4 is 11.0 Å². The van der Waals surface area contributed by atoms with E-state index in [0.29, 0.717) is 0 Å². The molecule has 0 radical (unpaired) electrons. The van der Waals surface area contributed by atoms with Crippen LogP contribution < -0.4 is 5.32 Å². The summed E-state index contributed by atoms with van der Waals surface area (Å²) in [5, 5.41) is 4.35. The summed E-state index contributed by atoms with van der Waals surface area (Å²) in [6.45, 7) is 2.75. The van der Waals surface area contributed by atoms with Crippen LogP contribution in [0.4, 0.5) is 0 Å². The van der Waals surface area contributed by atoms with Gasteiger partial charge in [0.1, 0.15) is 11.5 Å². The molecule has 4 heteroatoms. The van der Waals surface area contributed by atoms with E-state index in [4.69, 9.17) is 0 Å². The number of nitrogens with zero attached hydrogens (tertiary/aromatic N) is 3. The monoisotopic (exact) mass is 266 g/mol. The summed E-state index contributed by atoms with van der Waals surface area (Å²) < 4.78 is 2.07. The van der Waals surface area contributed by atoms with E-state index in [-0.39, 0.29) is 0 Å². The van der Waals surface area contributed by atoms with Crippen molar-refractivity contribution in [1.82, 2.24) is 19.9 Å². The Hall–Kier alpha value is -2.20. The van der Waals surface area contributed by atoms with Crippen molar-refractivity contribution in [2.45, 2.75) is 13.5 Å². The molecule has 1 aromatic carbocycles. The van der Waals surface area contributed by atoms with Gasteiger partial charge in [0.05, 0.1) is 5.69 Å². The van der Waals surface area contributed by atoms with Gasteiger partial charge in [-0.05, 0) is 19.5 Å². The molecule has 3 aromatic rings. The first-order valence-electron chi connectivity index (χ1n) is 6.73. The van der Waals surface area contributed by atoms with Crippen molar-refractivity contribution in [3.8, 4) is 11.3 Å². The van der Waals surface area contributed by atoms with Crippen molar-refractivity contribution in [3.63, 3.8) is 0 Å². The summed E-state index contributed by atoms with van der Waals surface area (Å²) in [6.07, 6.45) is 2.13. The number of rotatable bonds is 3. The molecule has 0 spiro atoms. The van der Waals surface area contributed by atoms with Crippen LogP contribution in [0.3, 0.4) is 0 Å². The summed E-state index contributed by atoms with van der Waals surface area (Å²) in [4.78, 5) is 9.26. The molecule has 2 aromatic heterocycles. The molecule has 4 nitrogen and oxygen atoms in total. The first-order valence-corrected chi connectivity index (χ1v) is 6.73. The van der Waals surface area contributed by atoms with Crippen LogP contribution >= 0.6 is 0 Å². The Labute approximate surface area is 118 Å².